The first-order chi connectivity index (χ1) is 14.5. The molecular formula is C21H16Cl2N4O2S. The van der Waals surface area contributed by atoms with Crippen LogP contribution >= 0.6 is 34.5 Å². The van der Waals surface area contributed by atoms with Crippen molar-refractivity contribution in [3.05, 3.63) is 76.0 Å². The minimum Gasteiger partial charge on any atom is -0.457 e. The molecule has 0 atom stereocenters. The van der Waals surface area contributed by atoms with E-state index in [1.807, 2.05) is 24.3 Å². The van der Waals surface area contributed by atoms with E-state index in [0.717, 1.165) is 20.9 Å². The number of carbonyl (C=O) groups is 1. The first-order valence-electron chi connectivity index (χ1n) is 8.97. The van der Waals surface area contributed by atoms with Gasteiger partial charge in [-0.25, -0.2) is 4.98 Å². The maximum absolute atomic E-state index is 11.7. The Morgan fingerprint density at radius 2 is 1.87 bits per heavy atom. The summed E-state index contributed by atoms with van der Waals surface area (Å²) in [5, 5.41) is 7.79. The monoisotopic (exact) mass is 458 g/mol. The molecule has 0 unspecified atom stereocenters. The lowest BCUT2D eigenvalue weighted by molar-refractivity contribution is 0.0958. The number of rotatable bonds is 6. The molecule has 0 aliphatic carbocycles. The summed E-state index contributed by atoms with van der Waals surface area (Å²) in [6.45, 7) is 0.473. The molecule has 0 aliphatic heterocycles. The van der Waals surface area contributed by atoms with Gasteiger partial charge in [0.15, 0.2) is 5.13 Å². The van der Waals surface area contributed by atoms with Crippen LogP contribution in [0, 0.1) is 0 Å². The van der Waals surface area contributed by atoms with E-state index in [9.17, 15) is 4.79 Å². The Morgan fingerprint density at radius 3 is 2.63 bits per heavy atom. The number of nitrogens with one attached hydrogen (secondary N) is 2. The number of aromatic nitrogens is 2. The van der Waals surface area contributed by atoms with E-state index in [2.05, 4.69) is 20.6 Å². The maximum atomic E-state index is 11.7. The molecule has 1 amide bonds. The summed E-state index contributed by atoms with van der Waals surface area (Å²) in [7, 11) is 1.56. The van der Waals surface area contributed by atoms with Crippen LogP contribution in [0.5, 0.6) is 11.5 Å². The first-order valence-corrected chi connectivity index (χ1v) is 10.5. The van der Waals surface area contributed by atoms with Crippen LogP contribution < -0.4 is 15.4 Å². The van der Waals surface area contributed by atoms with Gasteiger partial charge in [-0.05, 0) is 30.3 Å². The minimum atomic E-state index is -0.271. The average molecular weight is 459 g/mol. The highest BCUT2D eigenvalue weighted by Crippen LogP contribution is 2.32. The number of halogens is 2. The zero-order valence-electron chi connectivity index (χ0n) is 15.8. The molecule has 2 aromatic carbocycles. The van der Waals surface area contributed by atoms with Crippen molar-refractivity contribution in [2.45, 2.75) is 6.54 Å². The summed E-state index contributed by atoms with van der Waals surface area (Å²) in [5.74, 6) is 0.896. The normalized spacial score (nSPS) is 10.8. The highest BCUT2D eigenvalue weighted by atomic mass is 35.5. The molecule has 4 aromatic rings. The molecule has 0 saturated heterocycles. The second-order valence-electron chi connectivity index (χ2n) is 6.26. The number of nitrogens with zero attached hydrogens (tertiary/aromatic N) is 2. The van der Waals surface area contributed by atoms with Gasteiger partial charge in [0.1, 0.15) is 17.2 Å². The lowest BCUT2D eigenvalue weighted by atomic mass is 10.2. The second-order valence-corrected chi connectivity index (χ2v) is 8.11. The largest absolute Gasteiger partial charge is 0.457 e. The average Bonchev–Trinajstić information content (AvgIpc) is 3.15. The molecular weight excluding hydrogens is 443 g/mol. The van der Waals surface area contributed by atoms with Gasteiger partial charge >= 0.3 is 0 Å². The Hall–Kier alpha value is -2.87. The predicted octanol–water partition coefficient (Wildman–Crippen LogP) is 5.76. The highest BCUT2D eigenvalue weighted by Gasteiger charge is 2.10. The lowest BCUT2D eigenvalue weighted by Crippen LogP contribution is -2.18. The molecule has 2 N–H and O–H groups in total. The number of fused-ring (bicyclic) bond motifs is 1. The second kappa shape index (κ2) is 8.87. The van der Waals surface area contributed by atoms with Crippen molar-refractivity contribution in [1.82, 2.24) is 15.3 Å². The summed E-state index contributed by atoms with van der Waals surface area (Å²) < 4.78 is 6.85. The number of benzene rings is 2. The Balaban J connectivity index is 1.51. The van der Waals surface area contributed by atoms with Crippen LogP contribution in [0.4, 0.5) is 5.13 Å². The van der Waals surface area contributed by atoms with Gasteiger partial charge in [-0.15, -0.1) is 0 Å². The van der Waals surface area contributed by atoms with E-state index < -0.39 is 0 Å². The van der Waals surface area contributed by atoms with Crippen LogP contribution in [0.3, 0.4) is 0 Å². The third-order valence-electron chi connectivity index (χ3n) is 4.26. The molecule has 0 bridgehead atoms. The van der Waals surface area contributed by atoms with Crippen molar-refractivity contribution in [1.29, 1.82) is 0 Å². The van der Waals surface area contributed by atoms with Crippen LogP contribution in [-0.2, 0) is 6.54 Å². The van der Waals surface area contributed by atoms with Crippen LogP contribution in [0.25, 0.3) is 10.2 Å². The number of pyridine rings is 1. The fourth-order valence-corrected chi connectivity index (χ4v) is 4.19. The number of carbonyl (C=O) groups excluding carboxylic acids is 1. The fraction of sp³-hybridized carbons (Fsp3) is 0.0952. The number of thiazole rings is 1. The standard InChI is InChI=1S/C21H16Cl2N4O2S/c1-24-20(28)18-9-13(7-8-25-18)29-12-5-6-17-19(10-12)30-21(27-17)26-11-14-15(22)3-2-4-16(14)23/h2-10H,11H2,1H3,(H,24,28)(H,26,27). The van der Waals surface area contributed by atoms with Gasteiger partial charge in [-0.3, -0.25) is 9.78 Å². The molecule has 152 valence electrons. The molecule has 0 spiro atoms. The van der Waals surface area contributed by atoms with Crippen LogP contribution in [0.1, 0.15) is 16.1 Å². The van der Waals surface area contributed by atoms with Crippen molar-refractivity contribution in [2.75, 3.05) is 12.4 Å². The number of ether oxygens (including phenoxy) is 1. The van der Waals surface area contributed by atoms with Crippen LogP contribution in [0.15, 0.2) is 54.7 Å². The van der Waals surface area contributed by atoms with Crippen LogP contribution in [0.2, 0.25) is 10.0 Å². The van der Waals surface area contributed by atoms with Gasteiger partial charge in [-0.1, -0.05) is 40.6 Å². The quantitative estimate of drug-likeness (QED) is 0.383. The third kappa shape index (κ3) is 4.48. The summed E-state index contributed by atoms with van der Waals surface area (Å²) in [6, 6.07) is 14.3. The summed E-state index contributed by atoms with van der Waals surface area (Å²) in [4.78, 5) is 20.4. The molecule has 2 heterocycles. The van der Waals surface area contributed by atoms with E-state index in [1.165, 1.54) is 17.5 Å². The molecule has 0 aliphatic rings. The van der Waals surface area contributed by atoms with Crippen molar-refractivity contribution in [3.63, 3.8) is 0 Å². The molecule has 0 saturated carbocycles. The zero-order valence-corrected chi connectivity index (χ0v) is 18.1. The third-order valence-corrected chi connectivity index (χ3v) is 5.95. The Kier molecular flexibility index (Phi) is 6.03. The topological polar surface area (TPSA) is 76.1 Å². The SMILES string of the molecule is CNC(=O)c1cc(Oc2ccc3nc(NCc4c(Cl)cccc4Cl)sc3c2)ccn1. The molecule has 6 nitrogen and oxygen atoms in total. The van der Waals surface area contributed by atoms with E-state index in [1.54, 1.807) is 31.3 Å². The first kappa shape index (κ1) is 20.4. The molecule has 0 fully saturated rings. The minimum absolute atomic E-state index is 0.271. The Morgan fingerprint density at radius 1 is 1.10 bits per heavy atom. The fourth-order valence-electron chi connectivity index (χ4n) is 2.77. The van der Waals surface area contributed by atoms with Crippen molar-refractivity contribution >= 4 is 55.8 Å². The smallest absolute Gasteiger partial charge is 0.269 e. The van der Waals surface area contributed by atoms with Gasteiger partial charge in [0.25, 0.3) is 5.91 Å². The summed E-state index contributed by atoms with van der Waals surface area (Å²) in [5.41, 5.74) is 1.97. The summed E-state index contributed by atoms with van der Waals surface area (Å²) >= 11 is 13.9. The van der Waals surface area contributed by atoms with Gasteiger partial charge in [-0.2, -0.15) is 0 Å². The number of hydrogen-bond acceptors (Lipinski definition) is 6. The number of anilines is 1. The van der Waals surface area contributed by atoms with Gasteiger partial charge in [0, 0.05) is 47.5 Å². The summed E-state index contributed by atoms with van der Waals surface area (Å²) in [6.07, 6.45) is 1.53. The van der Waals surface area contributed by atoms with Gasteiger partial charge in [0.05, 0.1) is 10.2 Å². The van der Waals surface area contributed by atoms with E-state index >= 15 is 0 Å². The number of amides is 1. The van der Waals surface area contributed by atoms with Gasteiger partial charge < -0.3 is 15.4 Å². The molecule has 4 rings (SSSR count). The maximum Gasteiger partial charge on any atom is 0.269 e. The van der Waals surface area contributed by atoms with Crippen molar-refractivity contribution in [2.24, 2.45) is 0 Å². The molecule has 30 heavy (non-hydrogen) atoms. The zero-order chi connectivity index (χ0) is 21.1. The Labute approximate surface area is 186 Å². The van der Waals surface area contributed by atoms with Crippen molar-refractivity contribution in [3.8, 4) is 11.5 Å². The highest BCUT2D eigenvalue weighted by molar-refractivity contribution is 7.22. The predicted molar refractivity (Wildman–Crippen MR) is 121 cm³/mol. The molecule has 2 aromatic heterocycles. The molecule has 9 heteroatoms. The lowest BCUT2D eigenvalue weighted by Gasteiger charge is -2.07. The van der Waals surface area contributed by atoms with E-state index in [0.29, 0.717) is 33.8 Å². The molecule has 0 radical (unpaired) electrons. The van der Waals surface area contributed by atoms with Crippen LogP contribution in [-0.4, -0.2) is 22.9 Å². The van der Waals surface area contributed by atoms with Gasteiger partial charge in [0.2, 0.25) is 0 Å². The number of hydrogen-bond donors (Lipinski definition) is 2. The van der Waals surface area contributed by atoms with E-state index in [4.69, 9.17) is 27.9 Å². The Bertz CT molecular complexity index is 1210. The van der Waals surface area contributed by atoms with Crippen molar-refractivity contribution < 1.29 is 9.53 Å². The van der Waals surface area contributed by atoms with E-state index in [-0.39, 0.29) is 5.91 Å².